The van der Waals surface area contributed by atoms with E-state index >= 15 is 0 Å². The first-order chi connectivity index (χ1) is 10.0. The third-order valence-corrected chi connectivity index (χ3v) is 6.02. The molecule has 2 rings (SSSR count). The van der Waals surface area contributed by atoms with Crippen molar-refractivity contribution in [3.63, 3.8) is 0 Å². The monoisotopic (exact) mass is 310 g/mol. The summed E-state index contributed by atoms with van der Waals surface area (Å²) in [6.07, 6.45) is 5.91. The van der Waals surface area contributed by atoms with E-state index in [4.69, 9.17) is 0 Å². The van der Waals surface area contributed by atoms with Crippen LogP contribution in [-0.2, 0) is 10.0 Å². The molecule has 4 nitrogen and oxygen atoms in total. The lowest BCUT2D eigenvalue weighted by Gasteiger charge is -2.41. The van der Waals surface area contributed by atoms with E-state index in [1.165, 1.54) is 25.7 Å². The Kier molecular flexibility index (Phi) is 5.27. The second kappa shape index (κ2) is 6.79. The highest BCUT2D eigenvalue weighted by Gasteiger charge is 2.34. The summed E-state index contributed by atoms with van der Waals surface area (Å²) >= 11 is 0. The molecule has 1 aromatic rings. The van der Waals surface area contributed by atoms with Crippen LogP contribution in [0.2, 0.25) is 0 Å². The van der Waals surface area contributed by atoms with Gasteiger partial charge in [0.1, 0.15) is 0 Å². The Labute approximate surface area is 128 Å². The molecule has 1 fully saturated rings. The van der Waals surface area contributed by atoms with Gasteiger partial charge in [0.2, 0.25) is 10.0 Å². The molecule has 0 saturated heterocycles. The Balaban J connectivity index is 1.96. The van der Waals surface area contributed by atoms with Crippen LogP contribution in [0, 0.1) is 5.41 Å². The molecular formula is C16H26N2O2S. The van der Waals surface area contributed by atoms with Gasteiger partial charge in [-0.05, 0) is 55.4 Å². The smallest absolute Gasteiger partial charge is 0.240 e. The van der Waals surface area contributed by atoms with Crippen LogP contribution < -0.4 is 10.0 Å². The van der Waals surface area contributed by atoms with Crippen molar-refractivity contribution in [3.8, 4) is 0 Å². The van der Waals surface area contributed by atoms with E-state index in [2.05, 4.69) is 17.0 Å². The summed E-state index contributed by atoms with van der Waals surface area (Å²) in [5, 5.41) is 3.44. The standard InChI is InChI=1S/C16H26N2O2S/c1-3-12-18-21(19,20)15-8-6-14(7-9-15)17-13-16(4-2)10-5-11-16/h6-9,17-18H,3-5,10-13H2,1-2H3. The number of rotatable bonds is 8. The molecule has 5 heteroatoms. The second-order valence-corrected chi connectivity index (χ2v) is 7.75. The molecule has 0 aliphatic heterocycles. The van der Waals surface area contributed by atoms with E-state index in [0.29, 0.717) is 16.9 Å². The van der Waals surface area contributed by atoms with Gasteiger partial charge in [0, 0.05) is 18.8 Å². The number of benzene rings is 1. The van der Waals surface area contributed by atoms with Gasteiger partial charge in [0.25, 0.3) is 0 Å². The summed E-state index contributed by atoms with van der Waals surface area (Å²) in [4.78, 5) is 0.329. The van der Waals surface area contributed by atoms with Gasteiger partial charge in [-0.3, -0.25) is 0 Å². The maximum absolute atomic E-state index is 12.0. The molecule has 0 bridgehead atoms. The average Bonchev–Trinajstić information content (AvgIpc) is 2.45. The zero-order chi connectivity index (χ0) is 15.3. The van der Waals surface area contributed by atoms with Gasteiger partial charge >= 0.3 is 0 Å². The molecule has 1 aliphatic rings. The molecule has 0 radical (unpaired) electrons. The minimum absolute atomic E-state index is 0.329. The Morgan fingerprint density at radius 3 is 2.29 bits per heavy atom. The summed E-state index contributed by atoms with van der Waals surface area (Å²) in [6.45, 7) is 5.64. The molecular weight excluding hydrogens is 284 g/mol. The third-order valence-electron chi connectivity index (χ3n) is 4.54. The fraction of sp³-hybridized carbons (Fsp3) is 0.625. The van der Waals surface area contributed by atoms with Crippen LogP contribution in [-0.4, -0.2) is 21.5 Å². The first-order valence-corrected chi connectivity index (χ1v) is 9.33. The molecule has 1 saturated carbocycles. The lowest BCUT2D eigenvalue weighted by atomic mass is 9.67. The zero-order valence-electron chi connectivity index (χ0n) is 13.0. The van der Waals surface area contributed by atoms with Crippen LogP contribution in [0.5, 0.6) is 0 Å². The largest absolute Gasteiger partial charge is 0.384 e. The normalized spacial score (nSPS) is 17.2. The van der Waals surface area contributed by atoms with Crippen molar-refractivity contribution in [1.29, 1.82) is 0 Å². The highest BCUT2D eigenvalue weighted by Crippen LogP contribution is 2.43. The lowest BCUT2D eigenvalue weighted by Crippen LogP contribution is -2.35. The second-order valence-electron chi connectivity index (χ2n) is 5.98. The fourth-order valence-corrected chi connectivity index (χ4v) is 3.83. The van der Waals surface area contributed by atoms with Gasteiger partial charge in [0.05, 0.1) is 4.90 Å². The minimum atomic E-state index is -3.36. The lowest BCUT2D eigenvalue weighted by molar-refractivity contribution is 0.145. The number of hydrogen-bond acceptors (Lipinski definition) is 3. The number of sulfonamides is 1. The molecule has 0 spiro atoms. The molecule has 1 aliphatic carbocycles. The third kappa shape index (κ3) is 3.98. The van der Waals surface area contributed by atoms with Crippen LogP contribution in [0.15, 0.2) is 29.2 Å². The number of anilines is 1. The molecule has 118 valence electrons. The van der Waals surface area contributed by atoms with Gasteiger partial charge in [0.15, 0.2) is 0 Å². The first kappa shape index (κ1) is 16.3. The zero-order valence-corrected chi connectivity index (χ0v) is 13.8. The van der Waals surface area contributed by atoms with Crippen molar-refractivity contribution in [1.82, 2.24) is 4.72 Å². The van der Waals surface area contributed by atoms with Crippen molar-refractivity contribution in [2.75, 3.05) is 18.4 Å². The van der Waals surface area contributed by atoms with Gasteiger partial charge in [-0.15, -0.1) is 0 Å². The maximum atomic E-state index is 12.0. The summed E-state index contributed by atoms with van der Waals surface area (Å²) in [6, 6.07) is 7.03. The van der Waals surface area contributed by atoms with Crippen molar-refractivity contribution in [2.24, 2.45) is 5.41 Å². The molecule has 0 aromatic heterocycles. The minimum Gasteiger partial charge on any atom is -0.384 e. The van der Waals surface area contributed by atoms with Crippen LogP contribution in [0.4, 0.5) is 5.69 Å². The molecule has 0 amide bonds. The first-order valence-electron chi connectivity index (χ1n) is 7.85. The van der Waals surface area contributed by atoms with E-state index in [1.54, 1.807) is 12.1 Å². The van der Waals surface area contributed by atoms with Gasteiger partial charge in [-0.25, -0.2) is 13.1 Å². The molecule has 21 heavy (non-hydrogen) atoms. The number of hydrogen-bond donors (Lipinski definition) is 2. The van der Waals surface area contributed by atoms with E-state index in [9.17, 15) is 8.42 Å². The molecule has 1 aromatic carbocycles. The predicted molar refractivity (Wildman–Crippen MR) is 87.0 cm³/mol. The Bertz CT molecular complexity index is 543. The molecule has 0 unspecified atom stereocenters. The maximum Gasteiger partial charge on any atom is 0.240 e. The summed E-state index contributed by atoms with van der Waals surface area (Å²) < 4.78 is 26.6. The highest BCUT2D eigenvalue weighted by atomic mass is 32.2. The van der Waals surface area contributed by atoms with Gasteiger partial charge < -0.3 is 5.32 Å². The predicted octanol–water partition coefficient (Wildman–Crippen LogP) is 3.37. The summed E-state index contributed by atoms with van der Waals surface area (Å²) in [7, 11) is -3.36. The van der Waals surface area contributed by atoms with E-state index in [0.717, 1.165) is 18.7 Å². The quantitative estimate of drug-likeness (QED) is 0.774. The van der Waals surface area contributed by atoms with Crippen molar-refractivity contribution >= 4 is 15.7 Å². The SMILES string of the molecule is CCCNS(=O)(=O)c1ccc(NCC2(CC)CCC2)cc1. The summed E-state index contributed by atoms with van der Waals surface area (Å²) in [5.74, 6) is 0. The molecule has 0 heterocycles. The van der Waals surface area contributed by atoms with Crippen molar-refractivity contribution in [3.05, 3.63) is 24.3 Å². The van der Waals surface area contributed by atoms with E-state index in [-0.39, 0.29) is 0 Å². The average molecular weight is 310 g/mol. The van der Waals surface area contributed by atoms with Gasteiger partial charge in [-0.1, -0.05) is 20.3 Å². The van der Waals surface area contributed by atoms with Crippen LogP contribution >= 0.6 is 0 Å². The highest BCUT2D eigenvalue weighted by molar-refractivity contribution is 7.89. The Morgan fingerprint density at radius 1 is 1.14 bits per heavy atom. The number of nitrogens with one attached hydrogen (secondary N) is 2. The van der Waals surface area contributed by atoms with E-state index in [1.807, 2.05) is 19.1 Å². The Hall–Kier alpha value is -1.07. The van der Waals surface area contributed by atoms with E-state index < -0.39 is 10.0 Å². The molecule has 0 atom stereocenters. The van der Waals surface area contributed by atoms with Crippen LogP contribution in [0.1, 0.15) is 46.0 Å². The Morgan fingerprint density at radius 2 is 1.81 bits per heavy atom. The summed E-state index contributed by atoms with van der Waals surface area (Å²) in [5.41, 5.74) is 1.44. The van der Waals surface area contributed by atoms with Crippen molar-refractivity contribution < 1.29 is 8.42 Å². The fourth-order valence-electron chi connectivity index (χ4n) is 2.69. The van der Waals surface area contributed by atoms with Crippen LogP contribution in [0.3, 0.4) is 0 Å². The molecule has 2 N–H and O–H groups in total. The van der Waals surface area contributed by atoms with Crippen molar-refractivity contribution in [2.45, 2.75) is 50.8 Å². The van der Waals surface area contributed by atoms with Crippen LogP contribution in [0.25, 0.3) is 0 Å². The topological polar surface area (TPSA) is 58.2 Å². The van der Waals surface area contributed by atoms with Gasteiger partial charge in [-0.2, -0.15) is 0 Å².